The fourth-order valence-corrected chi connectivity index (χ4v) is 1.89. The van der Waals surface area contributed by atoms with Gasteiger partial charge in [-0.05, 0) is 37.6 Å². The van der Waals surface area contributed by atoms with Gasteiger partial charge in [0.1, 0.15) is 5.82 Å². The lowest BCUT2D eigenvalue weighted by molar-refractivity contribution is 0.982. The summed E-state index contributed by atoms with van der Waals surface area (Å²) in [7, 11) is 0. The molecule has 3 rings (SSSR count). The third kappa shape index (κ3) is 17.6. The molecule has 0 spiro atoms. The van der Waals surface area contributed by atoms with Gasteiger partial charge in [-0.1, -0.05) is 109 Å². The normalized spacial score (nSPS) is 7.83. The molecule has 0 aliphatic carbocycles. The average molecular weight is 433 g/mol. The Kier molecular flexibility index (Phi) is 26.4. The molecule has 0 unspecified atom stereocenters. The fourth-order valence-electron chi connectivity index (χ4n) is 1.69. The molecule has 1 N–H and O–H groups in total. The number of para-hydroxylation sites is 1. The highest BCUT2D eigenvalue weighted by atomic mass is 35.5. The van der Waals surface area contributed by atoms with Crippen molar-refractivity contribution in [3.63, 3.8) is 0 Å². The van der Waals surface area contributed by atoms with Crippen molar-refractivity contribution < 1.29 is 0 Å². The van der Waals surface area contributed by atoms with E-state index in [4.69, 9.17) is 11.6 Å². The Balaban J connectivity index is -0.000000409. The Labute approximate surface area is 190 Å². The monoisotopic (exact) mass is 432 g/mol. The molecule has 0 amide bonds. The molecule has 2 aromatic carbocycles. The van der Waals surface area contributed by atoms with Crippen LogP contribution in [0.4, 0.5) is 11.6 Å². The number of nitrogens with zero attached hydrogens (tertiary/aromatic N) is 3. The molecule has 5 heteroatoms. The molecule has 30 heavy (non-hydrogen) atoms. The van der Waals surface area contributed by atoms with Crippen LogP contribution in [0.3, 0.4) is 0 Å². The maximum atomic E-state index is 5.71. The Bertz CT molecular complexity index is 685. The van der Waals surface area contributed by atoms with Gasteiger partial charge in [0.2, 0.25) is 11.2 Å². The molecule has 0 fully saturated rings. The fraction of sp³-hybridized carbons (Fsp3) is 0.400. The van der Waals surface area contributed by atoms with E-state index in [2.05, 4.69) is 39.3 Å². The van der Waals surface area contributed by atoms with Crippen LogP contribution in [0, 0.1) is 13.8 Å². The summed E-state index contributed by atoms with van der Waals surface area (Å²) >= 11 is 5.71. The van der Waals surface area contributed by atoms with Gasteiger partial charge in [0.25, 0.3) is 0 Å². The second kappa shape index (κ2) is 24.6. The van der Waals surface area contributed by atoms with Gasteiger partial charge in [0.05, 0.1) is 0 Å². The quantitative estimate of drug-likeness (QED) is 0.439. The zero-order valence-corrected chi connectivity index (χ0v) is 21.2. The van der Waals surface area contributed by atoms with Crippen LogP contribution >= 0.6 is 11.6 Å². The SMILES string of the molecule is CC.CC.CC.CC.Cc1ccccc1.Cc1nc(Cl)nc(Nc2ccccc2)n1. The van der Waals surface area contributed by atoms with E-state index in [0.29, 0.717) is 11.8 Å². The molecule has 1 heterocycles. The van der Waals surface area contributed by atoms with Gasteiger partial charge in [0, 0.05) is 5.69 Å². The van der Waals surface area contributed by atoms with Gasteiger partial charge >= 0.3 is 0 Å². The maximum Gasteiger partial charge on any atom is 0.231 e. The molecule has 3 aromatic rings. The van der Waals surface area contributed by atoms with Gasteiger partial charge < -0.3 is 5.32 Å². The number of benzene rings is 2. The first-order valence-corrected chi connectivity index (χ1v) is 11.2. The first kappa shape index (κ1) is 32.2. The van der Waals surface area contributed by atoms with Crippen molar-refractivity contribution in [2.45, 2.75) is 69.2 Å². The predicted octanol–water partition coefficient (Wildman–Crippen LogP) is 8.68. The Morgan fingerprint density at radius 2 is 1.03 bits per heavy atom. The molecule has 4 nitrogen and oxygen atoms in total. The molecule has 0 aliphatic rings. The van der Waals surface area contributed by atoms with Crippen LogP contribution in [0.15, 0.2) is 60.7 Å². The smallest absolute Gasteiger partial charge is 0.231 e. The first-order chi connectivity index (χ1) is 14.6. The third-order valence-corrected chi connectivity index (χ3v) is 2.86. The highest BCUT2D eigenvalue weighted by Gasteiger charge is 2.01. The lowest BCUT2D eigenvalue weighted by Gasteiger charge is -2.04. The van der Waals surface area contributed by atoms with E-state index in [1.54, 1.807) is 6.92 Å². The molecule has 0 aliphatic heterocycles. The summed E-state index contributed by atoms with van der Waals surface area (Å²) in [6.07, 6.45) is 0. The second-order valence-corrected chi connectivity index (χ2v) is 4.96. The van der Waals surface area contributed by atoms with E-state index < -0.39 is 0 Å². The summed E-state index contributed by atoms with van der Waals surface area (Å²) in [5, 5.41) is 3.23. The number of aromatic nitrogens is 3. The molecule has 1 aromatic heterocycles. The Morgan fingerprint density at radius 1 is 0.600 bits per heavy atom. The largest absolute Gasteiger partial charge is 0.324 e. The zero-order valence-electron chi connectivity index (χ0n) is 20.5. The number of anilines is 2. The summed E-state index contributed by atoms with van der Waals surface area (Å²) < 4.78 is 0. The summed E-state index contributed by atoms with van der Waals surface area (Å²) in [5.41, 5.74) is 2.24. The number of nitrogens with one attached hydrogen (secondary N) is 1. The molecule has 168 valence electrons. The van der Waals surface area contributed by atoms with Crippen LogP contribution in [-0.4, -0.2) is 15.0 Å². The number of aryl methyl sites for hydroxylation is 2. The molecular weight excluding hydrogens is 392 g/mol. The summed E-state index contributed by atoms with van der Waals surface area (Å²) in [4.78, 5) is 12.0. The Hall–Kier alpha value is -2.46. The van der Waals surface area contributed by atoms with Crippen molar-refractivity contribution in [3.8, 4) is 0 Å². The minimum Gasteiger partial charge on any atom is -0.324 e. The summed E-state index contributed by atoms with van der Waals surface area (Å²) in [6, 6.07) is 19.9. The topological polar surface area (TPSA) is 50.7 Å². The van der Waals surface area contributed by atoms with Crippen molar-refractivity contribution in [1.82, 2.24) is 15.0 Å². The van der Waals surface area contributed by atoms with Crippen molar-refractivity contribution in [1.29, 1.82) is 0 Å². The number of halogens is 1. The maximum absolute atomic E-state index is 5.71. The third-order valence-electron chi connectivity index (χ3n) is 2.69. The van der Waals surface area contributed by atoms with Crippen molar-refractivity contribution in [2.24, 2.45) is 0 Å². The summed E-state index contributed by atoms with van der Waals surface area (Å²) in [6.45, 7) is 19.9. The van der Waals surface area contributed by atoms with E-state index in [-0.39, 0.29) is 5.28 Å². The standard InChI is InChI=1S/C10H9ClN4.C7H8.4C2H6/c1-7-12-9(11)15-10(13-7)14-8-5-3-2-4-6-8;1-7-5-3-2-4-6-7;4*1-2/h2-6H,1H3,(H,12,13,14,15);2-6H,1H3;4*1-2H3. The molecule has 0 bridgehead atoms. The van der Waals surface area contributed by atoms with Gasteiger partial charge in [0.15, 0.2) is 0 Å². The lowest BCUT2D eigenvalue weighted by atomic mass is 10.2. The second-order valence-electron chi connectivity index (χ2n) is 4.62. The molecule has 0 atom stereocenters. The molecular formula is C25H41ClN4. The van der Waals surface area contributed by atoms with E-state index >= 15 is 0 Å². The van der Waals surface area contributed by atoms with Crippen LogP contribution in [0.5, 0.6) is 0 Å². The van der Waals surface area contributed by atoms with Crippen molar-refractivity contribution >= 4 is 23.2 Å². The summed E-state index contributed by atoms with van der Waals surface area (Å²) in [5.74, 6) is 1.05. The highest BCUT2D eigenvalue weighted by Crippen LogP contribution is 2.13. The van der Waals surface area contributed by atoms with Gasteiger partial charge in [-0.2, -0.15) is 9.97 Å². The number of rotatable bonds is 2. The predicted molar refractivity (Wildman–Crippen MR) is 136 cm³/mol. The van der Waals surface area contributed by atoms with Crippen LogP contribution in [0.1, 0.15) is 66.8 Å². The number of hydrogen-bond acceptors (Lipinski definition) is 4. The van der Waals surface area contributed by atoms with Crippen LogP contribution in [0.25, 0.3) is 0 Å². The molecule has 0 radical (unpaired) electrons. The minimum atomic E-state index is 0.195. The molecule has 0 saturated heterocycles. The van der Waals surface area contributed by atoms with Crippen molar-refractivity contribution in [2.75, 3.05) is 5.32 Å². The minimum absolute atomic E-state index is 0.195. The Morgan fingerprint density at radius 3 is 1.40 bits per heavy atom. The highest BCUT2D eigenvalue weighted by molar-refractivity contribution is 6.28. The van der Waals surface area contributed by atoms with Crippen molar-refractivity contribution in [3.05, 3.63) is 77.3 Å². The van der Waals surface area contributed by atoms with Gasteiger partial charge in [-0.3, -0.25) is 0 Å². The first-order valence-electron chi connectivity index (χ1n) is 10.9. The lowest BCUT2D eigenvalue weighted by Crippen LogP contribution is -2.00. The van der Waals surface area contributed by atoms with Crippen LogP contribution in [0.2, 0.25) is 5.28 Å². The number of hydrogen-bond donors (Lipinski definition) is 1. The van der Waals surface area contributed by atoms with E-state index in [1.165, 1.54) is 5.56 Å². The zero-order chi connectivity index (χ0) is 23.8. The average Bonchev–Trinajstić information content (AvgIpc) is 2.80. The van der Waals surface area contributed by atoms with E-state index in [9.17, 15) is 0 Å². The van der Waals surface area contributed by atoms with Crippen LogP contribution in [-0.2, 0) is 0 Å². The van der Waals surface area contributed by atoms with Gasteiger partial charge in [-0.25, -0.2) is 4.98 Å². The van der Waals surface area contributed by atoms with Crippen LogP contribution < -0.4 is 5.32 Å². The van der Waals surface area contributed by atoms with E-state index in [1.807, 2.05) is 104 Å². The van der Waals surface area contributed by atoms with Gasteiger partial charge in [-0.15, -0.1) is 0 Å². The molecule has 0 saturated carbocycles. The van der Waals surface area contributed by atoms with E-state index in [0.717, 1.165) is 5.69 Å².